The topological polar surface area (TPSA) is 56.6 Å². The van der Waals surface area contributed by atoms with Gasteiger partial charge < -0.3 is 20.0 Å². The monoisotopic (exact) mass is 506 g/mol. The first-order chi connectivity index (χ1) is 17.8. The summed E-state index contributed by atoms with van der Waals surface area (Å²) in [5, 5.41) is 7.96. The molecule has 7 nitrogen and oxygen atoms in total. The SMILES string of the molecule is CCCN(Cc1c(C)nn(-c2cccc(F)c2)c1N1CCN(CC)CC1)C(=O)Nc1ccc(C)cc1C. The minimum Gasteiger partial charge on any atom is -0.354 e. The van der Waals surface area contributed by atoms with Gasteiger partial charge in [-0.15, -0.1) is 0 Å². The van der Waals surface area contributed by atoms with Crippen molar-refractivity contribution in [1.29, 1.82) is 0 Å². The van der Waals surface area contributed by atoms with Crippen LogP contribution in [-0.4, -0.2) is 64.9 Å². The van der Waals surface area contributed by atoms with Crippen molar-refractivity contribution in [3.63, 3.8) is 0 Å². The van der Waals surface area contributed by atoms with E-state index in [1.165, 1.54) is 12.1 Å². The van der Waals surface area contributed by atoms with Gasteiger partial charge in [-0.2, -0.15) is 5.10 Å². The summed E-state index contributed by atoms with van der Waals surface area (Å²) in [4.78, 5) is 20.1. The Kier molecular flexibility index (Phi) is 8.48. The maximum absolute atomic E-state index is 14.2. The number of urea groups is 1. The summed E-state index contributed by atoms with van der Waals surface area (Å²) in [6.07, 6.45) is 0.835. The Labute approximate surface area is 219 Å². The zero-order chi connectivity index (χ0) is 26.5. The normalized spacial score (nSPS) is 14.2. The van der Waals surface area contributed by atoms with Crippen molar-refractivity contribution < 1.29 is 9.18 Å². The number of halogens is 1. The van der Waals surface area contributed by atoms with Gasteiger partial charge in [0.1, 0.15) is 11.6 Å². The van der Waals surface area contributed by atoms with Crippen LogP contribution in [0.4, 0.5) is 20.7 Å². The van der Waals surface area contributed by atoms with Crippen molar-refractivity contribution >= 4 is 17.5 Å². The number of hydrogen-bond acceptors (Lipinski definition) is 4. The molecule has 0 unspecified atom stereocenters. The van der Waals surface area contributed by atoms with Crippen molar-refractivity contribution in [1.82, 2.24) is 19.6 Å². The number of anilines is 2. The van der Waals surface area contributed by atoms with Gasteiger partial charge in [0.05, 0.1) is 17.9 Å². The second kappa shape index (κ2) is 11.8. The van der Waals surface area contributed by atoms with E-state index in [0.717, 1.165) is 73.0 Å². The summed E-state index contributed by atoms with van der Waals surface area (Å²) in [5.74, 6) is 0.647. The summed E-state index contributed by atoms with van der Waals surface area (Å²) in [5.41, 5.74) is 5.54. The highest BCUT2D eigenvalue weighted by atomic mass is 19.1. The highest BCUT2D eigenvalue weighted by molar-refractivity contribution is 5.90. The summed E-state index contributed by atoms with van der Waals surface area (Å²) in [7, 11) is 0. The molecule has 0 atom stereocenters. The van der Waals surface area contributed by atoms with Crippen molar-refractivity contribution in [2.45, 2.75) is 47.6 Å². The van der Waals surface area contributed by atoms with E-state index >= 15 is 0 Å². The molecule has 1 aromatic heterocycles. The maximum atomic E-state index is 14.2. The molecule has 1 N–H and O–H groups in total. The first-order valence-electron chi connectivity index (χ1n) is 13.3. The van der Waals surface area contributed by atoms with Crippen LogP contribution in [-0.2, 0) is 6.54 Å². The fourth-order valence-corrected chi connectivity index (χ4v) is 4.98. The van der Waals surface area contributed by atoms with Crippen LogP contribution in [0.5, 0.6) is 0 Å². The Hall–Kier alpha value is -3.39. The molecule has 1 saturated heterocycles. The number of nitrogens with zero attached hydrogens (tertiary/aromatic N) is 5. The lowest BCUT2D eigenvalue weighted by Gasteiger charge is -2.36. The molecule has 8 heteroatoms. The van der Waals surface area contributed by atoms with Crippen molar-refractivity contribution in [2.24, 2.45) is 0 Å². The Bertz CT molecular complexity index is 1230. The fraction of sp³-hybridized carbons (Fsp3) is 0.448. The Balaban J connectivity index is 1.68. The number of nitrogens with one attached hydrogen (secondary N) is 1. The standard InChI is InChI=1S/C29H39FN6O/c1-6-13-35(29(37)31-27-12-11-21(3)18-22(27)4)20-26-23(5)32-36(25-10-8-9-24(30)19-25)28(26)34-16-14-33(7-2)15-17-34/h8-12,18-19H,6-7,13-17,20H2,1-5H3,(H,31,37). The van der Waals surface area contributed by atoms with E-state index in [0.29, 0.717) is 18.8 Å². The van der Waals surface area contributed by atoms with Crippen molar-refractivity contribution in [3.05, 3.63) is 70.7 Å². The van der Waals surface area contributed by atoms with Crippen LogP contribution in [0.25, 0.3) is 5.69 Å². The fourth-order valence-electron chi connectivity index (χ4n) is 4.98. The van der Waals surface area contributed by atoms with Gasteiger partial charge >= 0.3 is 6.03 Å². The second-order valence-electron chi connectivity index (χ2n) is 9.87. The zero-order valence-corrected chi connectivity index (χ0v) is 22.7. The molecule has 0 spiro atoms. The lowest BCUT2D eigenvalue weighted by atomic mass is 10.1. The van der Waals surface area contributed by atoms with Crippen molar-refractivity contribution in [2.75, 3.05) is 49.5 Å². The molecular weight excluding hydrogens is 467 g/mol. The number of benzene rings is 2. The lowest BCUT2D eigenvalue weighted by Crippen LogP contribution is -2.47. The average molecular weight is 507 g/mol. The van der Waals surface area contributed by atoms with E-state index in [1.54, 1.807) is 6.07 Å². The van der Waals surface area contributed by atoms with Gasteiger partial charge in [-0.25, -0.2) is 13.9 Å². The highest BCUT2D eigenvalue weighted by Gasteiger charge is 2.27. The van der Waals surface area contributed by atoms with Gasteiger partial charge in [0.2, 0.25) is 0 Å². The number of piperazine rings is 1. The van der Waals surface area contributed by atoms with E-state index in [1.807, 2.05) is 48.6 Å². The molecule has 37 heavy (non-hydrogen) atoms. The third kappa shape index (κ3) is 6.13. The van der Waals surface area contributed by atoms with Gasteiger partial charge in [0.15, 0.2) is 0 Å². The molecule has 1 aliphatic rings. The van der Waals surface area contributed by atoms with E-state index in [9.17, 15) is 9.18 Å². The number of hydrogen-bond donors (Lipinski definition) is 1. The second-order valence-corrected chi connectivity index (χ2v) is 9.87. The summed E-state index contributed by atoms with van der Waals surface area (Å²) >= 11 is 0. The predicted octanol–water partition coefficient (Wildman–Crippen LogP) is 5.52. The molecule has 198 valence electrons. The minimum atomic E-state index is -0.297. The number of likely N-dealkylation sites (N-methyl/N-ethyl adjacent to an activating group) is 1. The number of aromatic nitrogens is 2. The van der Waals surface area contributed by atoms with Gasteiger partial charge in [-0.05, 0) is 63.6 Å². The summed E-state index contributed by atoms with van der Waals surface area (Å²) < 4.78 is 16.0. The van der Waals surface area contributed by atoms with Crippen LogP contribution < -0.4 is 10.2 Å². The molecule has 0 bridgehead atoms. The van der Waals surface area contributed by atoms with Crippen LogP contribution in [0, 0.1) is 26.6 Å². The number of carbonyl (C=O) groups excluding carboxylic acids is 1. The molecule has 1 fully saturated rings. The molecule has 2 amide bonds. The van der Waals surface area contributed by atoms with Gasteiger partial charge in [0, 0.05) is 44.0 Å². The number of amides is 2. The predicted molar refractivity (Wildman–Crippen MR) is 148 cm³/mol. The Morgan fingerprint density at radius 3 is 2.46 bits per heavy atom. The molecular formula is C29H39FN6O. The number of rotatable bonds is 8. The van der Waals surface area contributed by atoms with Crippen LogP contribution in [0.15, 0.2) is 42.5 Å². The average Bonchev–Trinajstić information content (AvgIpc) is 3.21. The van der Waals surface area contributed by atoms with E-state index in [4.69, 9.17) is 5.10 Å². The molecule has 0 radical (unpaired) electrons. The third-order valence-electron chi connectivity index (χ3n) is 7.08. The van der Waals surface area contributed by atoms with Crippen LogP contribution in [0.1, 0.15) is 42.7 Å². The lowest BCUT2D eigenvalue weighted by molar-refractivity contribution is 0.209. The number of carbonyl (C=O) groups is 1. The minimum absolute atomic E-state index is 0.131. The van der Waals surface area contributed by atoms with E-state index < -0.39 is 0 Å². The first-order valence-corrected chi connectivity index (χ1v) is 13.3. The van der Waals surface area contributed by atoms with Crippen molar-refractivity contribution in [3.8, 4) is 5.69 Å². The van der Waals surface area contributed by atoms with E-state index in [-0.39, 0.29) is 11.8 Å². The maximum Gasteiger partial charge on any atom is 0.322 e. The Morgan fingerprint density at radius 1 is 1.05 bits per heavy atom. The molecule has 0 saturated carbocycles. The third-order valence-corrected chi connectivity index (χ3v) is 7.08. The molecule has 4 rings (SSSR count). The Morgan fingerprint density at radius 2 is 1.81 bits per heavy atom. The highest BCUT2D eigenvalue weighted by Crippen LogP contribution is 2.30. The van der Waals surface area contributed by atoms with Gasteiger partial charge in [-0.1, -0.05) is 37.6 Å². The van der Waals surface area contributed by atoms with Gasteiger partial charge in [0.25, 0.3) is 0 Å². The zero-order valence-electron chi connectivity index (χ0n) is 22.7. The molecule has 2 aromatic carbocycles. The molecule has 3 aromatic rings. The number of aryl methyl sites for hydroxylation is 3. The van der Waals surface area contributed by atoms with Crippen LogP contribution in [0.3, 0.4) is 0 Å². The van der Waals surface area contributed by atoms with Gasteiger partial charge in [-0.3, -0.25) is 0 Å². The summed E-state index contributed by atoms with van der Waals surface area (Å²) in [6.45, 7) is 16.0. The van der Waals surface area contributed by atoms with E-state index in [2.05, 4.69) is 35.0 Å². The van der Waals surface area contributed by atoms with Crippen LogP contribution >= 0.6 is 0 Å². The molecule has 0 aliphatic carbocycles. The first kappa shape index (κ1) is 26.7. The van der Waals surface area contributed by atoms with Crippen LogP contribution in [0.2, 0.25) is 0 Å². The summed E-state index contributed by atoms with van der Waals surface area (Å²) in [6, 6.07) is 12.4. The molecule has 2 heterocycles. The largest absolute Gasteiger partial charge is 0.354 e. The quantitative estimate of drug-likeness (QED) is 0.437. The molecule has 1 aliphatic heterocycles. The smallest absolute Gasteiger partial charge is 0.322 e.